The van der Waals surface area contributed by atoms with Crippen molar-refractivity contribution < 1.29 is 13.8 Å². The molecule has 0 atom stereocenters. The summed E-state index contributed by atoms with van der Waals surface area (Å²) in [6, 6.07) is 10.1. The minimum atomic E-state index is -0.455. The van der Waals surface area contributed by atoms with Crippen molar-refractivity contribution in [3.05, 3.63) is 36.1 Å². The minimum absolute atomic E-state index is 0.384. The molecule has 128 valence electrons. The van der Waals surface area contributed by atoms with Crippen LogP contribution in [0.15, 0.2) is 34.9 Å². The van der Waals surface area contributed by atoms with E-state index in [0.717, 1.165) is 41.7 Å². The third-order valence-electron chi connectivity index (χ3n) is 5.10. The summed E-state index contributed by atoms with van der Waals surface area (Å²) in [6.45, 7) is 10.4. The van der Waals surface area contributed by atoms with Gasteiger partial charge >= 0.3 is 7.12 Å². The average Bonchev–Trinajstić information content (AvgIpc) is 3.04. The van der Waals surface area contributed by atoms with Crippen LogP contribution in [0.25, 0.3) is 11.3 Å². The summed E-state index contributed by atoms with van der Waals surface area (Å²) in [5.74, 6) is 0.870. The Morgan fingerprint density at radius 1 is 1.00 bits per heavy atom. The molecule has 0 saturated carbocycles. The van der Waals surface area contributed by atoms with Gasteiger partial charge in [-0.05, 0) is 34.1 Å². The quantitative estimate of drug-likeness (QED) is 0.779. The predicted octanol–water partition coefficient (Wildman–Crippen LogP) is 3.98. The molecule has 1 aliphatic heterocycles. The molecule has 2 heterocycles. The first kappa shape index (κ1) is 17.2. The highest BCUT2D eigenvalue weighted by molar-refractivity contribution is 6.64. The van der Waals surface area contributed by atoms with E-state index in [1.54, 1.807) is 0 Å². The molecule has 3 rings (SSSR count). The number of aryl methyl sites for hydroxylation is 1. The van der Waals surface area contributed by atoms with Crippen molar-refractivity contribution in [2.45, 2.75) is 65.1 Å². The molecule has 0 aliphatic carbocycles. The Bertz CT molecular complexity index is 678. The molecular weight excluding hydrogens is 301 g/mol. The first-order valence-corrected chi connectivity index (χ1v) is 8.75. The summed E-state index contributed by atoms with van der Waals surface area (Å²) in [4.78, 5) is 0. The molecule has 0 N–H and O–H groups in total. The smallest absolute Gasteiger partial charge is 0.399 e. The lowest BCUT2D eigenvalue weighted by Gasteiger charge is -2.32. The van der Waals surface area contributed by atoms with Crippen molar-refractivity contribution >= 4 is 12.6 Å². The van der Waals surface area contributed by atoms with E-state index < -0.39 is 7.12 Å². The van der Waals surface area contributed by atoms with E-state index in [9.17, 15) is 0 Å². The molecule has 0 radical (unpaired) electrons. The van der Waals surface area contributed by atoms with Crippen LogP contribution in [0.1, 0.15) is 53.2 Å². The zero-order valence-corrected chi connectivity index (χ0v) is 15.3. The molecule has 1 aromatic carbocycles. The molecule has 0 unspecified atom stereocenters. The van der Waals surface area contributed by atoms with Crippen LogP contribution in [0.2, 0.25) is 0 Å². The largest absolute Gasteiger partial charge is 0.500 e. The van der Waals surface area contributed by atoms with Crippen LogP contribution in [-0.4, -0.2) is 23.5 Å². The molecule has 0 amide bonds. The van der Waals surface area contributed by atoms with Crippen molar-refractivity contribution in [2.75, 3.05) is 0 Å². The molecular formula is C19H26BNO3. The normalized spacial score (nSPS) is 19.0. The van der Waals surface area contributed by atoms with Crippen molar-refractivity contribution in [1.29, 1.82) is 0 Å². The molecule has 4 nitrogen and oxygen atoms in total. The van der Waals surface area contributed by atoms with E-state index in [4.69, 9.17) is 13.8 Å². The maximum Gasteiger partial charge on any atom is 0.500 e. The number of rotatable bonds is 5. The summed E-state index contributed by atoms with van der Waals surface area (Å²) in [6.07, 6.45) is 3.00. The van der Waals surface area contributed by atoms with Crippen molar-refractivity contribution in [3.8, 4) is 11.3 Å². The standard InChI is InChI=1S/C19H26BNO3/c1-6-7-13-15-16(20-23-18(2,3)19(4,5)24-20)17(21-22-15)14-11-9-8-10-12-14/h8-12H,6-7,13H2,1-5H3. The summed E-state index contributed by atoms with van der Waals surface area (Å²) in [7, 11) is -0.455. The molecule has 0 bridgehead atoms. The Labute approximate surface area is 144 Å². The van der Waals surface area contributed by atoms with Gasteiger partial charge in [0.1, 0.15) is 11.5 Å². The van der Waals surface area contributed by atoms with E-state index in [1.165, 1.54) is 0 Å². The van der Waals surface area contributed by atoms with Crippen LogP contribution in [0.3, 0.4) is 0 Å². The number of unbranched alkanes of at least 4 members (excludes halogenated alkanes) is 1. The van der Waals surface area contributed by atoms with Crippen LogP contribution in [0, 0.1) is 0 Å². The molecule has 2 aromatic rings. The first-order valence-electron chi connectivity index (χ1n) is 8.75. The molecule has 0 spiro atoms. The Morgan fingerprint density at radius 2 is 1.62 bits per heavy atom. The predicted molar refractivity (Wildman–Crippen MR) is 96.3 cm³/mol. The van der Waals surface area contributed by atoms with Crippen LogP contribution < -0.4 is 5.46 Å². The van der Waals surface area contributed by atoms with Crippen molar-refractivity contribution in [1.82, 2.24) is 5.16 Å². The maximum absolute atomic E-state index is 6.27. The number of benzene rings is 1. The van der Waals surface area contributed by atoms with Gasteiger partial charge in [-0.25, -0.2) is 0 Å². The summed E-state index contributed by atoms with van der Waals surface area (Å²) in [5, 5.41) is 4.34. The Morgan fingerprint density at radius 3 is 2.21 bits per heavy atom. The SMILES string of the molecule is CCCCc1onc(-c2ccccc2)c1B1OC(C)(C)C(C)(C)O1. The van der Waals surface area contributed by atoms with Gasteiger partial charge in [0.15, 0.2) is 0 Å². The van der Waals surface area contributed by atoms with Crippen LogP contribution in [0.5, 0.6) is 0 Å². The third-order valence-corrected chi connectivity index (χ3v) is 5.10. The van der Waals surface area contributed by atoms with Crippen LogP contribution in [0.4, 0.5) is 0 Å². The highest BCUT2D eigenvalue weighted by Gasteiger charge is 2.53. The van der Waals surface area contributed by atoms with E-state index in [1.807, 2.05) is 30.3 Å². The van der Waals surface area contributed by atoms with Gasteiger partial charge in [-0.15, -0.1) is 0 Å². The fourth-order valence-corrected chi connectivity index (χ4v) is 2.86. The van der Waals surface area contributed by atoms with Gasteiger partial charge in [0.2, 0.25) is 0 Å². The molecule has 1 fully saturated rings. The average molecular weight is 327 g/mol. The van der Waals surface area contributed by atoms with Gasteiger partial charge in [0.05, 0.1) is 16.7 Å². The van der Waals surface area contributed by atoms with Gasteiger partial charge in [0.25, 0.3) is 0 Å². The van der Waals surface area contributed by atoms with E-state index in [2.05, 4.69) is 39.8 Å². The summed E-state index contributed by atoms with van der Waals surface area (Å²) < 4.78 is 18.2. The highest BCUT2D eigenvalue weighted by Crippen LogP contribution is 2.37. The fourth-order valence-electron chi connectivity index (χ4n) is 2.86. The van der Waals surface area contributed by atoms with Crippen molar-refractivity contribution in [2.24, 2.45) is 0 Å². The van der Waals surface area contributed by atoms with Crippen molar-refractivity contribution in [3.63, 3.8) is 0 Å². The number of hydrogen-bond acceptors (Lipinski definition) is 4. The Kier molecular flexibility index (Phi) is 4.58. The lowest BCUT2D eigenvalue weighted by atomic mass is 9.75. The van der Waals surface area contributed by atoms with Crippen LogP contribution >= 0.6 is 0 Å². The zero-order valence-electron chi connectivity index (χ0n) is 15.3. The van der Waals surface area contributed by atoms with Gasteiger partial charge in [-0.1, -0.05) is 48.8 Å². The Balaban J connectivity index is 2.03. The molecule has 1 aliphatic rings. The molecule has 1 saturated heterocycles. The second kappa shape index (κ2) is 6.38. The number of nitrogens with zero attached hydrogens (tertiary/aromatic N) is 1. The molecule has 1 aromatic heterocycles. The molecule has 5 heteroatoms. The summed E-state index contributed by atoms with van der Waals surface area (Å²) in [5.41, 5.74) is 2.01. The van der Waals surface area contributed by atoms with Gasteiger partial charge in [-0.3, -0.25) is 0 Å². The molecule has 24 heavy (non-hydrogen) atoms. The van der Waals surface area contributed by atoms with Gasteiger partial charge < -0.3 is 13.8 Å². The summed E-state index contributed by atoms with van der Waals surface area (Å²) >= 11 is 0. The van der Waals surface area contributed by atoms with Gasteiger partial charge in [-0.2, -0.15) is 0 Å². The number of aromatic nitrogens is 1. The maximum atomic E-state index is 6.27. The van der Waals surface area contributed by atoms with E-state index in [0.29, 0.717) is 0 Å². The third kappa shape index (κ3) is 3.03. The second-order valence-corrected chi connectivity index (χ2v) is 7.43. The lowest BCUT2D eigenvalue weighted by Crippen LogP contribution is -2.41. The van der Waals surface area contributed by atoms with E-state index >= 15 is 0 Å². The van der Waals surface area contributed by atoms with Gasteiger partial charge in [0, 0.05) is 12.0 Å². The monoisotopic (exact) mass is 327 g/mol. The lowest BCUT2D eigenvalue weighted by molar-refractivity contribution is 0.00578. The zero-order chi connectivity index (χ0) is 17.4. The Hall–Kier alpha value is -1.59. The minimum Gasteiger partial charge on any atom is -0.399 e. The second-order valence-electron chi connectivity index (χ2n) is 7.43. The van der Waals surface area contributed by atoms with E-state index in [-0.39, 0.29) is 11.2 Å². The fraction of sp³-hybridized carbons (Fsp3) is 0.526. The van der Waals surface area contributed by atoms with Crippen LogP contribution in [-0.2, 0) is 15.7 Å². The first-order chi connectivity index (χ1) is 11.4. The topological polar surface area (TPSA) is 44.5 Å². The highest BCUT2D eigenvalue weighted by atomic mass is 16.7. The number of hydrogen-bond donors (Lipinski definition) is 0.